The maximum absolute atomic E-state index is 14.4. The Morgan fingerprint density at radius 1 is 1.08 bits per heavy atom. The Morgan fingerprint density at radius 3 is 2.55 bits per heavy atom. The molecule has 2 aromatic heterocycles. The number of aryl methyl sites for hydroxylation is 2. The summed E-state index contributed by atoms with van der Waals surface area (Å²) >= 11 is 0. The molecule has 2 aliphatic carbocycles. The molecule has 0 amide bonds. The molecule has 266 valence electrons. The van der Waals surface area contributed by atoms with Gasteiger partial charge in [0.05, 0.1) is 23.9 Å². The molecule has 2 N–H and O–H groups in total. The van der Waals surface area contributed by atoms with Crippen LogP contribution < -0.4 is 10.2 Å². The maximum atomic E-state index is 14.4. The first-order valence-corrected chi connectivity index (χ1v) is 18.4. The van der Waals surface area contributed by atoms with Crippen molar-refractivity contribution in [3.8, 4) is 0 Å². The zero-order chi connectivity index (χ0) is 34.5. The number of fused-ring (bicyclic) bond motifs is 1. The van der Waals surface area contributed by atoms with E-state index in [1.54, 1.807) is 0 Å². The summed E-state index contributed by atoms with van der Waals surface area (Å²) in [6, 6.07) is 10.6. The molecule has 0 spiro atoms. The number of carboxylic acid groups (broad SMARTS) is 1. The number of aliphatic carboxylic acids is 1. The van der Waals surface area contributed by atoms with Crippen molar-refractivity contribution in [2.75, 3.05) is 36.9 Å². The minimum absolute atomic E-state index is 0.0676. The lowest BCUT2D eigenvalue weighted by atomic mass is 9.77. The molecule has 3 aromatic rings. The van der Waals surface area contributed by atoms with Gasteiger partial charge in [-0.3, -0.25) is 9.48 Å². The van der Waals surface area contributed by atoms with E-state index in [0.29, 0.717) is 56.7 Å². The molecule has 11 heteroatoms. The average molecular weight is 678 g/mol. The van der Waals surface area contributed by atoms with Crippen molar-refractivity contribution in [2.24, 2.45) is 11.8 Å². The van der Waals surface area contributed by atoms with Crippen LogP contribution in [0.5, 0.6) is 0 Å². The van der Waals surface area contributed by atoms with Crippen LogP contribution in [0.3, 0.4) is 0 Å². The van der Waals surface area contributed by atoms with Crippen molar-refractivity contribution < 1.29 is 18.7 Å². The normalized spacial score (nSPS) is 24.0. The van der Waals surface area contributed by atoms with E-state index in [1.165, 1.54) is 5.56 Å². The van der Waals surface area contributed by atoms with Gasteiger partial charge in [-0.05, 0) is 88.7 Å². The van der Waals surface area contributed by atoms with Crippen LogP contribution in [0.15, 0.2) is 42.7 Å². The zero-order valence-electron chi connectivity index (χ0n) is 29.3. The highest BCUT2D eigenvalue weighted by atomic mass is 19.3. The summed E-state index contributed by atoms with van der Waals surface area (Å²) in [7, 11) is 2.08. The molecular formula is C38H53F2N7O2. The fourth-order valence-electron chi connectivity index (χ4n) is 8.40. The number of anilines is 2. The van der Waals surface area contributed by atoms with Gasteiger partial charge in [0.1, 0.15) is 5.82 Å². The maximum Gasteiger partial charge on any atom is 0.306 e. The van der Waals surface area contributed by atoms with Crippen LogP contribution in [-0.4, -0.2) is 74.4 Å². The highest BCUT2D eigenvalue weighted by Crippen LogP contribution is 2.39. The fraction of sp³-hybridized carbons (Fsp3) is 0.632. The fourth-order valence-corrected chi connectivity index (χ4v) is 8.40. The van der Waals surface area contributed by atoms with E-state index in [2.05, 4.69) is 77.6 Å². The topological polar surface area (TPSA) is 99.4 Å². The number of halogens is 2. The van der Waals surface area contributed by atoms with E-state index < -0.39 is 11.9 Å². The quantitative estimate of drug-likeness (QED) is 0.206. The molecular weight excluding hydrogens is 624 g/mol. The molecule has 0 bridgehead atoms. The van der Waals surface area contributed by atoms with Crippen LogP contribution in [0.2, 0.25) is 0 Å². The third-order valence-corrected chi connectivity index (χ3v) is 11.4. The van der Waals surface area contributed by atoms with Gasteiger partial charge in [-0.2, -0.15) is 10.1 Å². The van der Waals surface area contributed by atoms with Crippen molar-refractivity contribution in [1.82, 2.24) is 24.6 Å². The Balaban J connectivity index is 1.33. The highest BCUT2D eigenvalue weighted by Gasteiger charge is 2.35. The van der Waals surface area contributed by atoms with Gasteiger partial charge in [-0.15, -0.1) is 0 Å². The first-order valence-electron chi connectivity index (χ1n) is 18.4. The Labute approximate surface area is 289 Å². The van der Waals surface area contributed by atoms with E-state index >= 15 is 0 Å². The largest absolute Gasteiger partial charge is 0.481 e. The molecule has 6 rings (SSSR count). The molecule has 3 atom stereocenters. The summed E-state index contributed by atoms with van der Waals surface area (Å²) in [5, 5.41) is 18.0. The lowest BCUT2D eigenvalue weighted by molar-refractivity contribution is -0.143. The number of alkyl halides is 2. The second-order valence-corrected chi connectivity index (χ2v) is 14.5. The van der Waals surface area contributed by atoms with Gasteiger partial charge in [0.25, 0.3) is 0 Å². The predicted molar refractivity (Wildman–Crippen MR) is 188 cm³/mol. The Hall–Kier alpha value is -3.60. The minimum atomic E-state index is -2.62. The van der Waals surface area contributed by atoms with E-state index in [9.17, 15) is 18.7 Å². The minimum Gasteiger partial charge on any atom is -0.481 e. The number of carboxylic acids is 1. The van der Waals surface area contributed by atoms with Crippen LogP contribution in [0.25, 0.3) is 0 Å². The molecule has 1 aliphatic heterocycles. The molecule has 1 saturated heterocycles. The van der Waals surface area contributed by atoms with Gasteiger partial charge in [-0.1, -0.05) is 37.3 Å². The Morgan fingerprint density at radius 2 is 1.86 bits per heavy atom. The van der Waals surface area contributed by atoms with E-state index in [0.717, 1.165) is 67.7 Å². The van der Waals surface area contributed by atoms with Gasteiger partial charge in [-0.25, -0.2) is 13.8 Å². The molecule has 3 aliphatic rings. The summed E-state index contributed by atoms with van der Waals surface area (Å²) in [5.74, 6) is -1.34. The summed E-state index contributed by atoms with van der Waals surface area (Å²) in [4.78, 5) is 26.5. The molecule has 2 fully saturated rings. The van der Waals surface area contributed by atoms with Crippen LogP contribution in [0.4, 0.5) is 20.5 Å². The molecule has 9 nitrogen and oxygen atoms in total. The Kier molecular flexibility index (Phi) is 11.2. The van der Waals surface area contributed by atoms with Gasteiger partial charge < -0.3 is 20.2 Å². The average Bonchev–Trinajstić information content (AvgIpc) is 3.53. The van der Waals surface area contributed by atoms with Crippen LogP contribution in [0, 0.1) is 11.8 Å². The Bertz CT molecular complexity index is 1540. The predicted octanol–water partition coefficient (Wildman–Crippen LogP) is 7.35. The number of nitrogens with one attached hydrogen (secondary N) is 1. The van der Waals surface area contributed by atoms with E-state index in [4.69, 9.17) is 9.97 Å². The smallest absolute Gasteiger partial charge is 0.306 e. The zero-order valence-corrected chi connectivity index (χ0v) is 29.3. The summed E-state index contributed by atoms with van der Waals surface area (Å²) in [6.07, 6.45) is 11.0. The third-order valence-electron chi connectivity index (χ3n) is 11.4. The number of aromatic nitrogens is 4. The van der Waals surface area contributed by atoms with Gasteiger partial charge in [0.15, 0.2) is 0 Å². The summed E-state index contributed by atoms with van der Waals surface area (Å²) in [6.45, 7) is 6.54. The molecule has 1 aromatic carbocycles. The number of likely N-dealkylation sites (tertiary alicyclic amines) is 1. The van der Waals surface area contributed by atoms with Crippen molar-refractivity contribution >= 4 is 17.7 Å². The molecule has 0 unspecified atom stereocenters. The lowest BCUT2D eigenvalue weighted by Gasteiger charge is -2.38. The first-order chi connectivity index (χ1) is 23.6. The number of benzene rings is 1. The SMILES string of the molecule is CC[C@H](C1CCC(C(=O)O)CC1)N(C)c1nc2c(c(N[C@@H](CN3CCCC(F)(F)CC3)c3cnn(CC)c3)n1)C[C@H](c1ccccc1)CC2. The third kappa shape index (κ3) is 8.41. The number of rotatable bonds is 12. The van der Waals surface area contributed by atoms with Crippen molar-refractivity contribution in [3.63, 3.8) is 0 Å². The standard InChI is InChI=1S/C38H53F2N7O2/c1-4-34(27-12-14-28(15-13-27)36(48)49)45(3)37-43-32-17-16-29(26-10-7-6-8-11-26)22-31(32)35(44-37)42-33(30-23-41-47(5-2)24-30)25-46-20-9-18-38(39,40)19-21-46/h6-8,10-11,23-24,27-29,33-34H,4-5,9,12-22,25H2,1-3H3,(H,48,49)(H,42,43,44)/t27?,28?,29-,33+,34-/m1/s1. The molecule has 1 saturated carbocycles. The molecule has 49 heavy (non-hydrogen) atoms. The van der Waals surface area contributed by atoms with E-state index in [1.807, 2.05) is 10.9 Å². The summed E-state index contributed by atoms with van der Waals surface area (Å²) in [5.41, 5.74) is 4.52. The van der Waals surface area contributed by atoms with Crippen molar-refractivity contribution in [1.29, 1.82) is 0 Å². The van der Waals surface area contributed by atoms with E-state index in [-0.39, 0.29) is 30.8 Å². The highest BCUT2D eigenvalue weighted by molar-refractivity contribution is 5.70. The molecule has 0 radical (unpaired) electrons. The van der Waals surface area contributed by atoms with Gasteiger partial charge >= 0.3 is 5.97 Å². The van der Waals surface area contributed by atoms with Crippen LogP contribution in [0.1, 0.15) is 106 Å². The molecule has 3 heterocycles. The van der Waals surface area contributed by atoms with Crippen molar-refractivity contribution in [3.05, 3.63) is 65.1 Å². The lowest BCUT2D eigenvalue weighted by Crippen LogP contribution is -2.41. The number of hydrogen-bond donors (Lipinski definition) is 2. The number of carbonyl (C=O) groups is 1. The summed E-state index contributed by atoms with van der Waals surface area (Å²) < 4.78 is 30.6. The first kappa shape index (κ1) is 35.2. The van der Waals surface area contributed by atoms with Crippen LogP contribution in [-0.2, 0) is 24.2 Å². The van der Waals surface area contributed by atoms with Crippen molar-refractivity contribution in [2.45, 2.75) is 115 Å². The number of nitrogens with zero attached hydrogens (tertiary/aromatic N) is 6. The van der Waals surface area contributed by atoms with Gasteiger partial charge in [0.2, 0.25) is 11.9 Å². The van der Waals surface area contributed by atoms with Gasteiger partial charge in [0, 0.05) is 62.9 Å². The monoisotopic (exact) mass is 677 g/mol. The number of hydrogen-bond acceptors (Lipinski definition) is 7. The van der Waals surface area contributed by atoms with Crippen LogP contribution >= 0.6 is 0 Å². The second-order valence-electron chi connectivity index (χ2n) is 14.5. The second kappa shape index (κ2) is 15.5.